The highest BCUT2D eigenvalue weighted by Crippen LogP contribution is 2.23. The van der Waals surface area contributed by atoms with Crippen LogP contribution in [-0.2, 0) is 17.9 Å². The van der Waals surface area contributed by atoms with Crippen molar-refractivity contribution in [3.63, 3.8) is 0 Å². The summed E-state index contributed by atoms with van der Waals surface area (Å²) in [6.45, 7) is 2.44. The van der Waals surface area contributed by atoms with Crippen LogP contribution in [0.25, 0.3) is 10.2 Å². The quantitative estimate of drug-likeness (QED) is 0.341. The number of aromatic amines is 1. The van der Waals surface area contributed by atoms with E-state index in [0.717, 1.165) is 5.56 Å². The van der Waals surface area contributed by atoms with Crippen LogP contribution in [-0.4, -0.2) is 35.6 Å². The molecule has 2 aromatic carbocycles. The van der Waals surface area contributed by atoms with E-state index in [2.05, 4.69) is 15.3 Å². The lowest BCUT2D eigenvalue weighted by Crippen LogP contribution is -2.27. The number of fused-ring (bicyclic) bond motifs is 1. The van der Waals surface area contributed by atoms with Crippen molar-refractivity contribution in [2.45, 2.75) is 20.1 Å². The van der Waals surface area contributed by atoms with Gasteiger partial charge in [0.1, 0.15) is 22.9 Å². The molecule has 1 amide bonds. The summed E-state index contributed by atoms with van der Waals surface area (Å²) in [4.78, 5) is 44.4. The van der Waals surface area contributed by atoms with Gasteiger partial charge in [0.05, 0.1) is 24.7 Å². The fraction of sp³-hybridized carbons (Fsp3) is 0.200. The fourth-order valence-electron chi connectivity index (χ4n) is 3.33. The van der Waals surface area contributed by atoms with Crippen LogP contribution in [0.4, 0.5) is 0 Å². The van der Waals surface area contributed by atoms with Crippen molar-refractivity contribution in [2.75, 3.05) is 13.7 Å². The minimum Gasteiger partial charge on any atom is -0.497 e. The Morgan fingerprint density at radius 3 is 2.66 bits per heavy atom. The third-order valence-corrected chi connectivity index (χ3v) is 6.00. The van der Waals surface area contributed by atoms with E-state index in [9.17, 15) is 14.4 Å². The minimum absolute atomic E-state index is 0.0609. The van der Waals surface area contributed by atoms with Gasteiger partial charge in [-0.15, -0.1) is 11.3 Å². The molecule has 0 aliphatic heterocycles. The molecule has 4 aromatic rings. The number of carbonyl (C=O) groups is 2. The van der Waals surface area contributed by atoms with Gasteiger partial charge in [0.15, 0.2) is 0 Å². The number of hydrogen-bond acceptors (Lipinski definition) is 8. The molecule has 9 nitrogen and oxygen atoms in total. The smallest absolute Gasteiger partial charge is 0.338 e. The van der Waals surface area contributed by atoms with E-state index in [4.69, 9.17) is 14.2 Å². The van der Waals surface area contributed by atoms with Crippen molar-refractivity contribution in [3.05, 3.63) is 86.8 Å². The van der Waals surface area contributed by atoms with E-state index in [0.29, 0.717) is 39.4 Å². The van der Waals surface area contributed by atoms with Crippen LogP contribution in [0, 0.1) is 0 Å². The van der Waals surface area contributed by atoms with E-state index in [1.807, 2.05) is 24.3 Å². The van der Waals surface area contributed by atoms with Crippen LogP contribution >= 0.6 is 11.3 Å². The Kier molecular flexibility index (Phi) is 7.41. The first kappa shape index (κ1) is 24.0. The average Bonchev–Trinajstić information content (AvgIpc) is 3.30. The molecule has 0 atom stereocenters. The molecule has 2 N–H and O–H groups in total. The van der Waals surface area contributed by atoms with Gasteiger partial charge in [-0.3, -0.25) is 9.59 Å². The zero-order chi connectivity index (χ0) is 24.8. The number of nitrogens with zero attached hydrogens (tertiary/aromatic N) is 1. The lowest BCUT2D eigenvalue weighted by molar-refractivity contribution is 0.0526. The monoisotopic (exact) mass is 493 g/mol. The predicted molar refractivity (Wildman–Crippen MR) is 131 cm³/mol. The van der Waals surface area contributed by atoms with Crippen molar-refractivity contribution >= 4 is 33.4 Å². The molecule has 0 saturated heterocycles. The number of rotatable bonds is 9. The van der Waals surface area contributed by atoms with Crippen LogP contribution in [0.5, 0.6) is 11.5 Å². The third kappa shape index (κ3) is 5.67. The second-order valence-corrected chi connectivity index (χ2v) is 8.28. The Morgan fingerprint density at radius 2 is 1.91 bits per heavy atom. The summed E-state index contributed by atoms with van der Waals surface area (Å²) in [5.74, 6) is 0.279. The van der Waals surface area contributed by atoms with Crippen molar-refractivity contribution in [2.24, 2.45) is 0 Å². The Bertz CT molecular complexity index is 1410. The molecule has 4 rings (SSSR count). The highest BCUT2D eigenvalue weighted by Gasteiger charge is 2.16. The predicted octanol–water partition coefficient (Wildman–Crippen LogP) is 3.68. The molecule has 0 aliphatic rings. The summed E-state index contributed by atoms with van der Waals surface area (Å²) in [6.07, 6.45) is 0. The maximum absolute atomic E-state index is 12.7. The van der Waals surface area contributed by atoms with Crippen molar-refractivity contribution in [1.29, 1.82) is 0 Å². The number of nitrogens with one attached hydrogen (secondary N) is 2. The minimum atomic E-state index is -0.486. The lowest BCUT2D eigenvalue weighted by Gasteiger charge is -2.07. The Hall–Kier alpha value is -4.18. The molecule has 0 unspecified atom stereocenters. The number of aromatic nitrogens is 2. The van der Waals surface area contributed by atoms with E-state index in [1.54, 1.807) is 43.7 Å². The van der Waals surface area contributed by atoms with Gasteiger partial charge in [-0.1, -0.05) is 12.1 Å². The molecule has 0 spiro atoms. The zero-order valence-corrected chi connectivity index (χ0v) is 19.9. The molecule has 0 aliphatic carbocycles. The van der Waals surface area contributed by atoms with Crippen molar-refractivity contribution in [3.8, 4) is 11.5 Å². The summed E-state index contributed by atoms with van der Waals surface area (Å²) < 4.78 is 15.9. The molecule has 0 bridgehead atoms. The molecular weight excluding hydrogens is 470 g/mol. The Morgan fingerprint density at radius 1 is 1.11 bits per heavy atom. The normalized spacial score (nSPS) is 10.7. The van der Waals surface area contributed by atoms with Crippen molar-refractivity contribution < 1.29 is 23.8 Å². The number of thiophene rings is 1. The van der Waals surface area contributed by atoms with Gasteiger partial charge in [-0.2, -0.15) is 0 Å². The molecule has 180 valence electrons. The van der Waals surface area contributed by atoms with Crippen LogP contribution in [0.15, 0.2) is 58.7 Å². The second-order valence-electron chi connectivity index (χ2n) is 7.42. The summed E-state index contributed by atoms with van der Waals surface area (Å²) in [5, 5.41) is 4.91. The standard InChI is InChI=1S/C25H23N3O6S/c1-3-33-25(31)16-7-9-18(10-8-16)34-13-17-14-35-24-20(17)22(29)27-21(28-24)23(30)26-12-15-5-4-6-19(11-15)32-2/h4-11,14H,3,12-13H2,1-2H3,(H,26,30)(H,27,28,29). The molecule has 2 aromatic heterocycles. The molecule has 10 heteroatoms. The molecule has 35 heavy (non-hydrogen) atoms. The lowest BCUT2D eigenvalue weighted by atomic mass is 10.2. The largest absolute Gasteiger partial charge is 0.497 e. The van der Waals surface area contributed by atoms with Gasteiger partial charge in [0.25, 0.3) is 11.5 Å². The number of amides is 1. The van der Waals surface area contributed by atoms with Gasteiger partial charge in [0, 0.05) is 17.5 Å². The summed E-state index contributed by atoms with van der Waals surface area (Å²) in [7, 11) is 1.57. The van der Waals surface area contributed by atoms with Crippen LogP contribution in [0.3, 0.4) is 0 Å². The highest BCUT2D eigenvalue weighted by atomic mass is 32.1. The Balaban J connectivity index is 1.43. The first-order valence-electron chi connectivity index (χ1n) is 10.8. The summed E-state index contributed by atoms with van der Waals surface area (Å²) >= 11 is 1.26. The van der Waals surface area contributed by atoms with Gasteiger partial charge in [-0.25, -0.2) is 9.78 Å². The molecule has 0 radical (unpaired) electrons. The van der Waals surface area contributed by atoms with Crippen LogP contribution in [0.2, 0.25) is 0 Å². The SMILES string of the molecule is CCOC(=O)c1ccc(OCc2csc3nc(C(=O)NCc4cccc(OC)c4)[nH]c(=O)c23)cc1. The molecule has 2 heterocycles. The Labute approximate surface area is 204 Å². The van der Waals surface area contributed by atoms with E-state index in [1.165, 1.54) is 11.3 Å². The highest BCUT2D eigenvalue weighted by molar-refractivity contribution is 7.16. The maximum atomic E-state index is 12.7. The van der Waals surface area contributed by atoms with E-state index >= 15 is 0 Å². The number of benzene rings is 2. The van der Waals surface area contributed by atoms with Gasteiger partial charge >= 0.3 is 5.97 Å². The van der Waals surface area contributed by atoms with E-state index in [-0.39, 0.29) is 19.0 Å². The van der Waals surface area contributed by atoms with Crippen LogP contribution < -0.4 is 20.3 Å². The molecule has 0 fully saturated rings. The number of hydrogen-bond donors (Lipinski definition) is 2. The van der Waals surface area contributed by atoms with Gasteiger partial charge < -0.3 is 24.5 Å². The van der Waals surface area contributed by atoms with Gasteiger partial charge in [0.2, 0.25) is 5.82 Å². The van der Waals surface area contributed by atoms with Crippen molar-refractivity contribution in [1.82, 2.24) is 15.3 Å². The molecular formula is C25H23N3O6S. The summed E-state index contributed by atoms with van der Waals surface area (Å²) in [6, 6.07) is 13.9. The summed E-state index contributed by atoms with van der Waals surface area (Å²) in [5.41, 5.74) is 1.51. The fourth-order valence-corrected chi connectivity index (χ4v) is 4.26. The number of esters is 1. The maximum Gasteiger partial charge on any atom is 0.338 e. The number of ether oxygens (including phenoxy) is 3. The first-order valence-corrected chi connectivity index (χ1v) is 11.7. The third-order valence-electron chi connectivity index (χ3n) is 5.08. The van der Waals surface area contributed by atoms with E-state index < -0.39 is 17.4 Å². The number of H-pyrrole nitrogens is 1. The first-order chi connectivity index (χ1) is 17.0. The molecule has 0 saturated carbocycles. The van der Waals surface area contributed by atoms with Gasteiger partial charge in [-0.05, 0) is 48.9 Å². The number of methoxy groups -OCH3 is 1. The number of carbonyl (C=O) groups excluding carboxylic acids is 2. The topological polar surface area (TPSA) is 120 Å². The zero-order valence-electron chi connectivity index (χ0n) is 19.1. The van der Waals surface area contributed by atoms with Crippen LogP contribution in [0.1, 0.15) is 39.0 Å². The second kappa shape index (κ2) is 10.8. The average molecular weight is 494 g/mol.